The fourth-order valence-corrected chi connectivity index (χ4v) is 4.72. The lowest BCUT2D eigenvalue weighted by atomic mass is 10.4. The summed E-state index contributed by atoms with van der Waals surface area (Å²) in [4.78, 5) is 44.9. The quantitative estimate of drug-likeness (QED) is 0.144. The number of hydrogen-bond acceptors (Lipinski definition) is 6. The van der Waals surface area contributed by atoms with Crippen LogP contribution in [0, 0.1) is 0 Å². The lowest BCUT2D eigenvalue weighted by Gasteiger charge is -2.29. The molecule has 16 heavy (non-hydrogen) atoms. The van der Waals surface area contributed by atoms with E-state index in [-0.39, 0.29) is 18.7 Å². The molecule has 102 valence electrons. The second-order valence-corrected chi connectivity index (χ2v) is 12.0. The summed E-state index contributed by atoms with van der Waals surface area (Å²) in [6, 6.07) is 0.574. The highest BCUT2D eigenvalue weighted by Crippen LogP contribution is 2.51. The first-order chi connectivity index (χ1) is 6.43. The molecular formula is C4H23N2O6PSi3. The van der Waals surface area contributed by atoms with Gasteiger partial charge in [-0.3, -0.25) is 4.57 Å². The molecule has 0 aromatic carbocycles. The lowest BCUT2D eigenvalue weighted by Crippen LogP contribution is -2.42. The summed E-state index contributed by atoms with van der Waals surface area (Å²) < 4.78 is 9.64. The van der Waals surface area contributed by atoms with Crippen LogP contribution in [-0.2, 0) is 4.57 Å². The predicted octanol–water partition coefficient (Wildman–Crippen LogP) is -3.43. The van der Waals surface area contributed by atoms with Gasteiger partial charge in [-0.25, -0.2) is 0 Å². The SMILES string of the molecule is N.N.O=P(O)(O)C(CCC[SiH2]O)([SiH2]O)[SiH2]O. The summed E-state index contributed by atoms with van der Waals surface area (Å²) in [7, 11) is -9.35. The van der Waals surface area contributed by atoms with Gasteiger partial charge in [0, 0.05) is 0 Å². The third-order valence-electron chi connectivity index (χ3n) is 2.26. The van der Waals surface area contributed by atoms with Gasteiger partial charge in [-0.05, 0) is 12.5 Å². The highest BCUT2D eigenvalue weighted by molar-refractivity contribution is 7.58. The molecule has 0 bridgehead atoms. The normalized spacial score (nSPS) is 16.8. The fraction of sp³-hybridized carbons (Fsp3) is 1.00. The molecule has 0 amide bonds. The molecule has 8 nitrogen and oxygen atoms in total. The van der Waals surface area contributed by atoms with Crippen molar-refractivity contribution < 1.29 is 28.7 Å². The molecule has 0 aliphatic carbocycles. The maximum atomic E-state index is 11.1. The summed E-state index contributed by atoms with van der Waals surface area (Å²) in [6.07, 6.45) is 0.630. The topological polar surface area (TPSA) is 188 Å². The molecule has 0 aromatic rings. The van der Waals surface area contributed by atoms with Crippen LogP contribution < -0.4 is 12.3 Å². The highest BCUT2D eigenvalue weighted by Gasteiger charge is 2.46. The third-order valence-corrected chi connectivity index (χ3v) is 11.1. The smallest absolute Gasteiger partial charge is 0.329 e. The highest BCUT2D eigenvalue weighted by atomic mass is 31.2. The van der Waals surface area contributed by atoms with E-state index < -0.39 is 41.3 Å². The summed E-state index contributed by atoms with van der Waals surface area (Å²) in [5, 5.41) is 0. The average Bonchev–Trinajstić information content (AvgIpc) is 2.11. The van der Waals surface area contributed by atoms with E-state index in [1.165, 1.54) is 0 Å². The second-order valence-electron chi connectivity index (χ2n) is 3.27. The predicted molar refractivity (Wildman–Crippen MR) is 71.1 cm³/mol. The Morgan fingerprint density at radius 1 is 1.06 bits per heavy atom. The van der Waals surface area contributed by atoms with Crippen LogP contribution in [0.5, 0.6) is 0 Å². The van der Waals surface area contributed by atoms with Gasteiger partial charge in [0.2, 0.25) is 0 Å². The first-order valence-corrected chi connectivity index (χ1v) is 10.2. The van der Waals surface area contributed by atoms with Crippen molar-refractivity contribution in [3.63, 3.8) is 0 Å². The van der Waals surface area contributed by atoms with Gasteiger partial charge < -0.3 is 36.5 Å². The summed E-state index contributed by atoms with van der Waals surface area (Å²) in [6.45, 7) is 0. The summed E-state index contributed by atoms with van der Waals surface area (Å²) >= 11 is 0. The van der Waals surface area contributed by atoms with Gasteiger partial charge >= 0.3 is 7.60 Å². The van der Waals surface area contributed by atoms with E-state index in [1.54, 1.807) is 0 Å². The molecule has 11 N–H and O–H groups in total. The Morgan fingerprint density at radius 2 is 1.50 bits per heavy atom. The Balaban J connectivity index is -0.000000845. The van der Waals surface area contributed by atoms with E-state index in [0.717, 1.165) is 0 Å². The molecule has 0 aliphatic heterocycles. The molecule has 0 fully saturated rings. The van der Waals surface area contributed by atoms with Crippen molar-refractivity contribution in [3.05, 3.63) is 0 Å². The first-order valence-electron chi connectivity index (χ1n) is 4.32. The van der Waals surface area contributed by atoms with Crippen LogP contribution in [0.3, 0.4) is 0 Å². The van der Waals surface area contributed by atoms with Gasteiger partial charge in [-0.2, -0.15) is 0 Å². The molecule has 0 aliphatic rings. The van der Waals surface area contributed by atoms with Gasteiger partial charge in [-0.1, -0.05) is 6.42 Å². The van der Waals surface area contributed by atoms with Crippen LogP contribution >= 0.6 is 7.60 Å². The van der Waals surface area contributed by atoms with Crippen molar-refractivity contribution >= 4 is 36.9 Å². The van der Waals surface area contributed by atoms with Gasteiger partial charge in [0.1, 0.15) is 0 Å². The van der Waals surface area contributed by atoms with Crippen LogP contribution in [0.1, 0.15) is 12.8 Å². The van der Waals surface area contributed by atoms with E-state index >= 15 is 0 Å². The van der Waals surface area contributed by atoms with E-state index in [1.807, 2.05) is 0 Å². The Bertz CT molecular complexity index is 212. The molecule has 0 heterocycles. The summed E-state index contributed by atoms with van der Waals surface area (Å²) in [5.41, 5.74) is 0. The van der Waals surface area contributed by atoms with Crippen molar-refractivity contribution in [1.29, 1.82) is 0 Å². The fourth-order valence-electron chi connectivity index (χ4n) is 1.10. The molecule has 0 atom stereocenters. The zero-order valence-electron chi connectivity index (χ0n) is 9.25. The molecule has 0 saturated carbocycles. The van der Waals surface area contributed by atoms with Crippen molar-refractivity contribution in [2.75, 3.05) is 0 Å². The minimum absolute atomic E-state index is 0. The second kappa shape index (κ2) is 9.61. The molecule has 0 unspecified atom stereocenters. The molecule has 0 saturated heterocycles. The van der Waals surface area contributed by atoms with Gasteiger partial charge in [0.05, 0.1) is 4.40 Å². The summed E-state index contributed by atoms with van der Waals surface area (Å²) in [5.74, 6) is 0. The Hall–Kier alpha value is 0.601. The first kappa shape index (κ1) is 21.8. The zero-order valence-corrected chi connectivity index (χ0v) is 14.4. The molecule has 12 heteroatoms. The average molecular weight is 310 g/mol. The van der Waals surface area contributed by atoms with Gasteiger partial charge in [0.15, 0.2) is 29.3 Å². The molecule has 0 spiro atoms. The third kappa shape index (κ3) is 5.79. The molecule has 0 radical (unpaired) electrons. The van der Waals surface area contributed by atoms with Crippen molar-refractivity contribution in [3.8, 4) is 0 Å². The van der Waals surface area contributed by atoms with Crippen molar-refractivity contribution in [1.82, 2.24) is 12.3 Å². The molecule has 0 rings (SSSR count). The lowest BCUT2D eigenvalue weighted by molar-refractivity contribution is 0.351. The standard InChI is InChI=1S/C4H17O6PSi3.2H3N/c5-11(6,7)4(13-9,14-10)2-1-3-12-8;;/h8-10H,1-3,12-14H2,(H2,5,6,7);2*1H3. The van der Waals surface area contributed by atoms with E-state index in [4.69, 9.17) is 24.2 Å². The van der Waals surface area contributed by atoms with Crippen LogP contribution in [-0.4, -0.2) is 57.9 Å². The Kier molecular flexibility index (Phi) is 13.1. The van der Waals surface area contributed by atoms with Crippen LogP contribution in [0.25, 0.3) is 0 Å². The van der Waals surface area contributed by atoms with Crippen LogP contribution in [0.15, 0.2) is 0 Å². The Labute approximate surface area is 102 Å². The van der Waals surface area contributed by atoms with E-state index in [2.05, 4.69) is 0 Å². The van der Waals surface area contributed by atoms with Crippen LogP contribution in [0.4, 0.5) is 0 Å². The van der Waals surface area contributed by atoms with Crippen molar-refractivity contribution in [2.24, 2.45) is 0 Å². The maximum Gasteiger partial charge on any atom is 0.329 e. The van der Waals surface area contributed by atoms with Gasteiger partial charge in [0.25, 0.3) is 0 Å². The van der Waals surface area contributed by atoms with E-state index in [0.29, 0.717) is 12.5 Å². The minimum Gasteiger partial charge on any atom is -0.438 e. The van der Waals surface area contributed by atoms with Gasteiger partial charge in [-0.15, -0.1) is 0 Å². The minimum atomic E-state index is -4.39. The van der Waals surface area contributed by atoms with Crippen LogP contribution in [0.2, 0.25) is 6.04 Å². The number of rotatable bonds is 7. The zero-order chi connectivity index (χ0) is 11.2. The van der Waals surface area contributed by atoms with Crippen molar-refractivity contribution in [2.45, 2.75) is 23.3 Å². The molecular weight excluding hydrogens is 287 g/mol. The largest absolute Gasteiger partial charge is 0.438 e. The monoisotopic (exact) mass is 310 g/mol. The number of hydrogen-bond donors (Lipinski definition) is 7. The maximum absolute atomic E-state index is 11.1. The molecule has 0 aromatic heterocycles. The van der Waals surface area contributed by atoms with E-state index in [9.17, 15) is 4.57 Å². The Morgan fingerprint density at radius 3 is 1.75 bits per heavy atom.